The van der Waals surface area contributed by atoms with Gasteiger partial charge in [0.1, 0.15) is 12.1 Å². The summed E-state index contributed by atoms with van der Waals surface area (Å²) in [6.45, 7) is -0.623. The van der Waals surface area contributed by atoms with Gasteiger partial charge in [0.15, 0.2) is 17.5 Å². The Hall–Kier alpha value is -2.58. The van der Waals surface area contributed by atoms with E-state index in [1.165, 1.54) is 11.9 Å². The number of halogens is 3. The fourth-order valence-electron chi connectivity index (χ4n) is 3.63. The van der Waals surface area contributed by atoms with Crippen LogP contribution >= 0.6 is 0 Å². The lowest BCUT2D eigenvalue weighted by Crippen LogP contribution is -2.49. The summed E-state index contributed by atoms with van der Waals surface area (Å²) in [7, 11) is 1.53. The van der Waals surface area contributed by atoms with Gasteiger partial charge in [-0.15, -0.1) is 0 Å². The summed E-state index contributed by atoms with van der Waals surface area (Å²) in [5, 5.41) is 2.07. The lowest BCUT2D eigenvalue weighted by molar-refractivity contribution is -0.136. The molecule has 0 atom stereocenters. The standard InChI is InChI=1S/C17H18F3N3O3/c1-22-16(26)23(15(25)17(22)7-3-2-4-8-17)9-12(24)21-11-6-5-10(18)13(19)14(11)20/h5-6H,2-4,7-9H2,1H3,(H,21,24). The van der Waals surface area contributed by atoms with Crippen LogP contribution in [0.4, 0.5) is 23.7 Å². The number of carbonyl (C=O) groups is 3. The Morgan fingerprint density at radius 1 is 1.12 bits per heavy atom. The van der Waals surface area contributed by atoms with Crippen LogP contribution in [0.2, 0.25) is 0 Å². The topological polar surface area (TPSA) is 69.7 Å². The molecular formula is C17H18F3N3O3. The van der Waals surface area contributed by atoms with Crippen molar-refractivity contribution in [2.75, 3.05) is 18.9 Å². The lowest BCUT2D eigenvalue weighted by atomic mass is 9.81. The van der Waals surface area contributed by atoms with E-state index in [4.69, 9.17) is 0 Å². The van der Waals surface area contributed by atoms with Crippen molar-refractivity contribution in [3.8, 4) is 0 Å². The van der Waals surface area contributed by atoms with E-state index >= 15 is 0 Å². The van der Waals surface area contributed by atoms with E-state index < -0.39 is 53.1 Å². The smallest absolute Gasteiger partial charge is 0.322 e. The van der Waals surface area contributed by atoms with Crippen LogP contribution in [0.5, 0.6) is 0 Å². The minimum atomic E-state index is -1.71. The molecule has 3 rings (SSSR count). The molecule has 26 heavy (non-hydrogen) atoms. The second kappa shape index (κ2) is 6.62. The van der Waals surface area contributed by atoms with Crippen LogP contribution in [-0.2, 0) is 9.59 Å². The van der Waals surface area contributed by atoms with Gasteiger partial charge in [0, 0.05) is 7.05 Å². The number of hydrogen-bond acceptors (Lipinski definition) is 3. The molecule has 9 heteroatoms. The summed E-state index contributed by atoms with van der Waals surface area (Å²) in [6.07, 6.45) is 3.66. The van der Waals surface area contributed by atoms with Crippen LogP contribution in [0.25, 0.3) is 0 Å². The number of amides is 4. The molecule has 1 saturated carbocycles. The van der Waals surface area contributed by atoms with Crippen molar-refractivity contribution in [1.29, 1.82) is 0 Å². The first-order valence-electron chi connectivity index (χ1n) is 8.31. The monoisotopic (exact) mass is 369 g/mol. The Morgan fingerprint density at radius 2 is 1.77 bits per heavy atom. The Morgan fingerprint density at radius 3 is 2.42 bits per heavy atom. The largest absolute Gasteiger partial charge is 0.327 e. The molecule has 1 aliphatic heterocycles. The quantitative estimate of drug-likeness (QED) is 0.658. The highest BCUT2D eigenvalue weighted by molar-refractivity contribution is 6.10. The van der Waals surface area contributed by atoms with Crippen LogP contribution in [0, 0.1) is 17.5 Å². The predicted octanol–water partition coefficient (Wildman–Crippen LogP) is 2.64. The van der Waals surface area contributed by atoms with Gasteiger partial charge in [0.25, 0.3) is 5.91 Å². The van der Waals surface area contributed by atoms with Gasteiger partial charge < -0.3 is 10.2 Å². The summed E-state index contributed by atoms with van der Waals surface area (Å²) in [5.74, 6) is -5.97. The molecule has 2 aliphatic rings. The number of likely N-dealkylation sites (N-methyl/N-ethyl adjacent to an activating group) is 1. The first-order valence-corrected chi connectivity index (χ1v) is 8.31. The second-order valence-electron chi connectivity index (χ2n) is 6.60. The number of benzene rings is 1. The van der Waals surface area contributed by atoms with Crippen LogP contribution in [0.3, 0.4) is 0 Å². The third-order valence-corrected chi connectivity index (χ3v) is 5.09. The van der Waals surface area contributed by atoms with E-state index in [9.17, 15) is 27.6 Å². The van der Waals surface area contributed by atoms with Crippen LogP contribution in [0.15, 0.2) is 12.1 Å². The zero-order chi connectivity index (χ0) is 19.1. The number of anilines is 1. The highest BCUT2D eigenvalue weighted by Crippen LogP contribution is 2.39. The van der Waals surface area contributed by atoms with Crippen LogP contribution in [0.1, 0.15) is 32.1 Å². The van der Waals surface area contributed by atoms with Crippen molar-refractivity contribution in [1.82, 2.24) is 9.80 Å². The number of imide groups is 1. The average molecular weight is 369 g/mol. The average Bonchev–Trinajstić information content (AvgIpc) is 2.79. The maximum Gasteiger partial charge on any atom is 0.327 e. The third kappa shape index (κ3) is 2.81. The summed E-state index contributed by atoms with van der Waals surface area (Å²) in [4.78, 5) is 39.5. The van der Waals surface area contributed by atoms with Gasteiger partial charge in [0.05, 0.1) is 5.69 Å². The van der Waals surface area contributed by atoms with Gasteiger partial charge in [-0.1, -0.05) is 19.3 Å². The Labute approximate surface area is 147 Å². The molecule has 1 N–H and O–H groups in total. The first kappa shape index (κ1) is 18.2. The minimum absolute atomic E-state index is 0.453. The molecular weight excluding hydrogens is 351 g/mol. The van der Waals surface area contributed by atoms with E-state index in [1.54, 1.807) is 0 Å². The molecule has 1 heterocycles. The predicted molar refractivity (Wildman–Crippen MR) is 85.6 cm³/mol. The first-order chi connectivity index (χ1) is 12.3. The fourth-order valence-corrected chi connectivity index (χ4v) is 3.63. The zero-order valence-corrected chi connectivity index (χ0v) is 14.2. The molecule has 2 fully saturated rings. The van der Waals surface area contributed by atoms with Crippen molar-refractivity contribution >= 4 is 23.5 Å². The summed E-state index contributed by atoms with van der Waals surface area (Å²) in [6, 6.07) is 0.941. The normalized spacial score (nSPS) is 19.4. The molecule has 1 spiro atoms. The van der Waals surface area contributed by atoms with E-state index in [-0.39, 0.29) is 0 Å². The van der Waals surface area contributed by atoms with Gasteiger partial charge in [-0.25, -0.2) is 18.0 Å². The van der Waals surface area contributed by atoms with Crippen molar-refractivity contribution in [3.63, 3.8) is 0 Å². The van der Waals surface area contributed by atoms with E-state index in [2.05, 4.69) is 5.32 Å². The maximum absolute atomic E-state index is 13.7. The summed E-state index contributed by atoms with van der Waals surface area (Å²) < 4.78 is 39.8. The third-order valence-electron chi connectivity index (χ3n) is 5.09. The molecule has 1 saturated heterocycles. The highest BCUT2D eigenvalue weighted by atomic mass is 19.2. The number of urea groups is 1. The van der Waals surface area contributed by atoms with E-state index in [1.807, 2.05) is 0 Å². The molecule has 1 aliphatic carbocycles. The molecule has 0 aromatic heterocycles. The van der Waals surface area contributed by atoms with Crippen LogP contribution in [-0.4, -0.2) is 46.8 Å². The number of nitrogens with one attached hydrogen (secondary N) is 1. The Kier molecular flexibility index (Phi) is 4.64. The lowest BCUT2D eigenvalue weighted by Gasteiger charge is -2.35. The second-order valence-corrected chi connectivity index (χ2v) is 6.60. The van der Waals surface area contributed by atoms with Crippen molar-refractivity contribution in [2.45, 2.75) is 37.6 Å². The van der Waals surface area contributed by atoms with Gasteiger partial charge >= 0.3 is 6.03 Å². The van der Waals surface area contributed by atoms with Gasteiger partial charge in [-0.05, 0) is 25.0 Å². The van der Waals surface area contributed by atoms with Crippen molar-refractivity contribution < 1.29 is 27.6 Å². The Bertz CT molecular complexity index is 778. The number of hydrogen-bond donors (Lipinski definition) is 1. The molecule has 0 unspecified atom stereocenters. The van der Waals surface area contributed by atoms with Crippen LogP contribution < -0.4 is 5.32 Å². The molecule has 140 valence electrons. The zero-order valence-electron chi connectivity index (χ0n) is 14.2. The summed E-state index contributed by atoms with van der Waals surface area (Å²) in [5.41, 5.74) is -1.49. The molecule has 0 radical (unpaired) electrons. The number of rotatable bonds is 3. The van der Waals surface area contributed by atoms with Gasteiger partial charge in [0.2, 0.25) is 5.91 Å². The molecule has 6 nitrogen and oxygen atoms in total. The summed E-state index contributed by atoms with van der Waals surface area (Å²) >= 11 is 0. The van der Waals surface area contributed by atoms with Crippen molar-refractivity contribution in [3.05, 3.63) is 29.6 Å². The molecule has 4 amide bonds. The number of nitrogens with zero attached hydrogens (tertiary/aromatic N) is 2. The number of carbonyl (C=O) groups excluding carboxylic acids is 3. The molecule has 0 bridgehead atoms. The van der Waals surface area contributed by atoms with E-state index in [0.717, 1.165) is 30.2 Å². The fraction of sp³-hybridized carbons (Fsp3) is 0.471. The Balaban J connectivity index is 1.74. The highest BCUT2D eigenvalue weighted by Gasteiger charge is 2.55. The maximum atomic E-state index is 13.7. The minimum Gasteiger partial charge on any atom is -0.322 e. The molecule has 1 aromatic rings. The SMILES string of the molecule is CN1C(=O)N(CC(=O)Nc2ccc(F)c(F)c2F)C(=O)C12CCCCC2. The molecule has 1 aromatic carbocycles. The van der Waals surface area contributed by atoms with Crippen molar-refractivity contribution in [2.24, 2.45) is 0 Å². The van der Waals surface area contributed by atoms with E-state index in [0.29, 0.717) is 18.9 Å². The van der Waals surface area contributed by atoms with Gasteiger partial charge in [-0.3, -0.25) is 14.5 Å². The van der Waals surface area contributed by atoms with Gasteiger partial charge in [-0.2, -0.15) is 0 Å².